The number of nitrogens with zero attached hydrogens (tertiary/aromatic N) is 3. The van der Waals surface area contributed by atoms with E-state index >= 15 is 0 Å². The number of hydrogen-bond donors (Lipinski definition) is 4. The predicted octanol–water partition coefficient (Wildman–Crippen LogP) is 3.92. The van der Waals surface area contributed by atoms with Crippen LogP contribution in [0.15, 0.2) is 30.3 Å². The molecule has 2 rings (SSSR count). The van der Waals surface area contributed by atoms with Crippen molar-refractivity contribution in [1.82, 2.24) is 25.3 Å². The van der Waals surface area contributed by atoms with Gasteiger partial charge in [0.25, 0.3) is 0 Å². The lowest BCUT2D eigenvalue weighted by Gasteiger charge is -2.41. The van der Waals surface area contributed by atoms with E-state index in [9.17, 15) is 34.2 Å². The third-order valence-electron chi connectivity index (χ3n) is 11.1. The van der Waals surface area contributed by atoms with Gasteiger partial charge in [0.1, 0.15) is 12.1 Å². The standard InChI is InChI=1S/C40H67N5O9/c1-13-25(6)34(43(9)39(50)32(23(2)3)42-38(49)33(24(4)5)44(10)40(51)52)30(53-11)22-31(46)45-21-17-20-29(45)36(54-12)26(7)37(48)41-27(8)35(47)28-18-15-14-16-19-28/h14-16,18-19,23-27,29-30,32-36,47H,13,17,20-22H2,1-12H3,(H,41,48)(H,42,49)(H,51,52)/t25-,26+,27+,29-,30+,32?,33-,34-,35+,36+/m0/s1. The van der Waals surface area contributed by atoms with Gasteiger partial charge in [0.2, 0.25) is 23.6 Å². The molecule has 1 aliphatic heterocycles. The fourth-order valence-corrected chi connectivity index (χ4v) is 7.70. The molecule has 1 heterocycles. The maximum absolute atomic E-state index is 14.2. The number of hydrogen-bond acceptors (Lipinski definition) is 8. The molecule has 1 aliphatic rings. The SMILES string of the molecule is CC[C@H](C)[C@@H]([C@@H](CC(=O)N1CCC[C@H]1[C@H](OC)[C@@H](C)C(=O)N[C@H](C)[C@@H](O)c1ccccc1)OC)N(C)C(=O)C(NC(=O)[C@H](C(C)C)N(C)C(=O)O)C(C)C. The molecule has 1 aromatic carbocycles. The molecule has 0 bridgehead atoms. The molecule has 0 saturated carbocycles. The molecule has 5 amide bonds. The molecule has 54 heavy (non-hydrogen) atoms. The number of ether oxygens (including phenoxy) is 2. The summed E-state index contributed by atoms with van der Waals surface area (Å²) >= 11 is 0. The molecule has 0 radical (unpaired) electrons. The molecule has 0 aliphatic carbocycles. The molecule has 1 fully saturated rings. The Hall–Kier alpha value is -3.75. The summed E-state index contributed by atoms with van der Waals surface area (Å²) in [5.74, 6) is -2.82. The monoisotopic (exact) mass is 761 g/mol. The summed E-state index contributed by atoms with van der Waals surface area (Å²) in [6, 6.07) is 5.67. The van der Waals surface area contributed by atoms with Gasteiger partial charge < -0.3 is 40.1 Å². The van der Waals surface area contributed by atoms with Crippen LogP contribution in [0.2, 0.25) is 0 Å². The van der Waals surface area contributed by atoms with E-state index in [0.717, 1.165) is 11.3 Å². The Balaban J connectivity index is 2.27. The number of likely N-dealkylation sites (N-methyl/N-ethyl adjacent to an activating group) is 2. The quantitative estimate of drug-likeness (QED) is 0.153. The second kappa shape index (κ2) is 21.4. The minimum atomic E-state index is -1.25. The third-order valence-corrected chi connectivity index (χ3v) is 11.1. The van der Waals surface area contributed by atoms with Gasteiger partial charge in [-0.05, 0) is 43.1 Å². The van der Waals surface area contributed by atoms with Crippen molar-refractivity contribution in [1.29, 1.82) is 0 Å². The van der Waals surface area contributed by atoms with Crippen molar-refractivity contribution in [3.05, 3.63) is 35.9 Å². The number of carboxylic acid groups (broad SMARTS) is 1. The van der Waals surface area contributed by atoms with Crippen LogP contribution >= 0.6 is 0 Å². The fraction of sp³-hybridized carbons (Fsp3) is 0.725. The first kappa shape index (κ1) is 46.4. The molecule has 306 valence electrons. The molecule has 4 N–H and O–H groups in total. The van der Waals surface area contributed by atoms with Gasteiger partial charge in [-0.1, -0.05) is 85.2 Å². The number of amides is 5. The molecule has 0 aromatic heterocycles. The number of aliphatic hydroxyl groups is 1. The largest absolute Gasteiger partial charge is 0.465 e. The third kappa shape index (κ3) is 11.6. The summed E-state index contributed by atoms with van der Waals surface area (Å²) in [6.45, 7) is 15.1. The van der Waals surface area contributed by atoms with Crippen LogP contribution in [0.1, 0.15) is 92.7 Å². The number of carbonyl (C=O) groups is 5. The highest BCUT2D eigenvalue weighted by molar-refractivity contribution is 5.91. The number of likely N-dealkylation sites (tertiary alicyclic amines) is 1. The van der Waals surface area contributed by atoms with Crippen molar-refractivity contribution in [2.45, 2.75) is 130 Å². The first-order valence-electron chi connectivity index (χ1n) is 19.2. The second-order valence-electron chi connectivity index (χ2n) is 15.6. The summed E-state index contributed by atoms with van der Waals surface area (Å²) in [7, 11) is 6.02. The van der Waals surface area contributed by atoms with Crippen LogP contribution in [0.4, 0.5) is 4.79 Å². The molecule has 0 spiro atoms. The van der Waals surface area contributed by atoms with Crippen molar-refractivity contribution in [3.8, 4) is 0 Å². The number of aliphatic hydroxyl groups excluding tert-OH is 1. The molecule has 1 unspecified atom stereocenters. The Morgan fingerprint density at radius 3 is 2.00 bits per heavy atom. The fourth-order valence-electron chi connectivity index (χ4n) is 7.70. The van der Waals surface area contributed by atoms with Crippen LogP contribution in [0.25, 0.3) is 0 Å². The van der Waals surface area contributed by atoms with Crippen LogP contribution in [0.5, 0.6) is 0 Å². The molecule has 1 aromatic rings. The highest BCUT2D eigenvalue weighted by Gasteiger charge is 2.43. The maximum atomic E-state index is 14.2. The summed E-state index contributed by atoms with van der Waals surface area (Å²) in [5.41, 5.74) is 0.692. The normalized spacial score (nSPS) is 19.5. The van der Waals surface area contributed by atoms with Gasteiger partial charge in [-0.25, -0.2) is 4.79 Å². The zero-order valence-electron chi connectivity index (χ0n) is 34.4. The lowest BCUT2D eigenvalue weighted by Crippen LogP contribution is -2.60. The van der Waals surface area contributed by atoms with Crippen molar-refractivity contribution in [2.75, 3.05) is 34.9 Å². The molecule has 1 saturated heterocycles. The second-order valence-corrected chi connectivity index (χ2v) is 15.6. The number of carbonyl (C=O) groups excluding carboxylic acids is 4. The Morgan fingerprint density at radius 1 is 0.889 bits per heavy atom. The number of rotatable bonds is 20. The van der Waals surface area contributed by atoms with Crippen molar-refractivity contribution >= 4 is 29.7 Å². The minimum absolute atomic E-state index is 0.0333. The van der Waals surface area contributed by atoms with Gasteiger partial charge in [-0.3, -0.25) is 24.1 Å². The first-order valence-corrected chi connectivity index (χ1v) is 19.2. The highest BCUT2D eigenvalue weighted by atomic mass is 16.5. The smallest absolute Gasteiger partial charge is 0.407 e. The summed E-state index contributed by atoms with van der Waals surface area (Å²) in [6.07, 6.45) is -1.45. The van der Waals surface area contributed by atoms with Gasteiger partial charge in [-0.2, -0.15) is 0 Å². The summed E-state index contributed by atoms with van der Waals surface area (Å²) < 4.78 is 11.9. The highest BCUT2D eigenvalue weighted by Crippen LogP contribution is 2.30. The Kier molecular flexibility index (Phi) is 18.4. The van der Waals surface area contributed by atoms with Crippen LogP contribution in [0, 0.1) is 23.7 Å². The van der Waals surface area contributed by atoms with Gasteiger partial charge in [-0.15, -0.1) is 0 Å². The number of benzene rings is 1. The molecular formula is C40H67N5O9. The predicted molar refractivity (Wildman–Crippen MR) is 206 cm³/mol. The minimum Gasteiger partial charge on any atom is -0.465 e. The van der Waals surface area contributed by atoms with Gasteiger partial charge in [0.15, 0.2) is 0 Å². The first-order chi connectivity index (χ1) is 25.3. The van der Waals surface area contributed by atoms with E-state index in [1.165, 1.54) is 21.3 Å². The van der Waals surface area contributed by atoms with Crippen LogP contribution in [-0.2, 0) is 28.7 Å². The maximum Gasteiger partial charge on any atom is 0.407 e. The Bertz CT molecular complexity index is 1380. The van der Waals surface area contributed by atoms with Crippen LogP contribution in [0.3, 0.4) is 0 Å². The average Bonchev–Trinajstić information content (AvgIpc) is 3.62. The van der Waals surface area contributed by atoms with Gasteiger partial charge in [0.05, 0.1) is 48.8 Å². The summed E-state index contributed by atoms with van der Waals surface area (Å²) in [5, 5.41) is 26.2. The molecular weight excluding hydrogens is 694 g/mol. The van der Waals surface area contributed by atoms with Crippen LogP contribution < -0.4 is 10.6 Å². The van der Waals surface area contributed by atoms with Crippen molar-refractivity contribution in [3.63, 3.8) is 0 Å². The van der Waals surface area contributed by atoms with E-state index < -0.39 is 60.4 Å². The Morgan fingerprint density at radius 2 is 1.50 bits per heavy atom. The number of nitrogens with one attached hydrogen (secondary N) is 2. The van der Waals surface area contributed by atoms with Crippen molar-refractivity contribution < 1.29 is 43.7 Å². The van der Waals surface area contributed by atoms with E-state index in [1.54, 1.807) is 56.7 Å². The van der Waals surface area contributed by atoms with Crippen molar-refractivity contribution in [2.24, 2.45) is 23.7 Å². The van der Waals surface area contributed by atoms with E-state index in [0.29, 0.717) is 24.9 Å². The van der Waals surface area contributed by atoms with Gasteiger partial charge in [0, 0.05) is 34.9 Å². The molecule has 14 nitrogen and oxygen atoms in total. The summed E-state index contributed by atoms with van der Waals surface area (Å²) in [4.78, 5) is 71.3. The number of methoxy groups -OCH3 is 2. The molecule has 14 heteroatoms. The van der Waals surface area contributed by atoms with Gasteiger partial charge >= 0.3 is 6.09 Å². The zero-order chi connectivity index (χ0) is 41.0. The van der Waals surface area contributed by atoms with E-state index in [-0.39, 0.29) is 47.9 Å². The van der Waals surface area contributed by atoms with E-state index in [1.807, 2.05) is 45.9 Å². The lowest BCUT2D eigenvalue weighted by molar-refractivity contribution is -0.148. The zero-order valence-corrected chi connectivity index (χ0v) is 34.4. The molecule has 10 atom stereocenters. The van der Waals surface area contributed by atoms with Crippen LogP contribution in [-0.4, -0.2) is 132 Å². The van der Waals surface area contributed by atoms with E-state index in [2.05, 4.69) is 10.6 Å². The van der Waals surface area contributed by atoms with E-state index in [4.69, 9.17) is 9.47 Å². The lowest BCUT2D eigenvalue weighted by atomic mass is 9.89. The average molecular weight is 762 g/mol. The Labute approximate surface area is 322 Å². The topological polar surface area (TPSA) is 178 Å².